The van der Waals surface area contributed by atoms with Crippen LogP contribution in [0.3, 0.4) is 0 Å². The normalized spacial score (nSPS) is 10.2. The van der Waals surface area contributed by atoms with Crippen LogP contribution < -0.4 is 11.7 Å². The van der Waals surface area contributed by atoms with Crippen LogP contribution in [-0.2, 0) is 0 Å². The van der Waals surface area contributed by atoms with Gasteiger partial charge in [-0.1, -0.05) is 30.3 Å². The molecule has 0 fully saturated rings. The van der Waals surface area contributed by atoms with Gasteiger partial charge in [0.2, 0.25) is 0 Å². The Bertz CT molecular complexity index is 567. The van der Waals surface area contributed by atoms with Gasteiger partial charge in [0, 0.05) is 0 Å². The van der Waals surface area contributed by atoms with Gasteiger partial charge in [0.05, 0.1) is 5.56 Å². The van der Waals surface area contributed by atoms with E-state index in [9.17, 15) is 9.18 Å². The van der Waals surface area contributed by atoms with Crippen LogP contribution in [0, 0.1) is 5.82 Å². The average molecular weight is 245 g/mol. The third-order valence-electron chi connectivity index (χ3n) is 2.55. The van der Waals surface area contributed by atoms with E-state index >= 15 is 0 Å². The zero-order chi connectivity index (χ0) is 13.1. The van der Waals surface area contributed by atoms with Gasteiger partial charge in [-0.15, -0.1) is 0 Å². The lowest BCUT2D eigenvalue weighted by molar-refractivity contribution is 0.0756. The van der Waals surface area contributed by atoms with E-state index < -0.39 is 5.91 Å². The van der Waals surface area contributed by atoms with Crippen molar-refractivity contribution in [3.63, 3.8) is 0 Å². The molecule has 92 valence electrons. The molecular formula is C13H12FN3O. The smallest absolute Gasteiger partial charge is 0.266 e. The van der Waals surface area contributed by atoms with Crippen LogP contribution in [0.5, 0.6) is 0 Å². The van der Waals surface area contributed by atoms with Gasteiger partial charge in [0.25, 0.3) is 5.91 Å². The molecule has 0 unspecified atom stereocenters. The van der Waals surface area contributed by atoms with Crippen molar-refractivity contribution in [3.8, 4) is 11.1 Å². The largest absolute Gasteiger partial charge is 0.282 e. The minimum atomic E-state index is -0.505. The summed E-state index contributed by atoms with van der Waals surface area (Å²) in [6.07, 6.45) is 0. The zero-order valence-electron chi connectivity index (χ0n) is 9.51. The summed E-state index contributed by atoms with van der Waals surface area (Å²) in [5.41, 5.74) is 1.75. The molecule has 0 aromatic heterocycles. The van der Waals surface area contributed by atoms with Gasteiger partial charge in [-0.05, 0) is 29.3 Å². The lowest BCUT2D eigenvalue weighted by atomic mass is 9.99. The number of nitrogens with two attached hydrogens (primary N) is 2. The number of halogens is 1. The van der Waals surface area contributed by atoms with Crippen LogP contribution in [0.15, 0.2) is 48.5 Å². The van der Waals surface area contributed by atoms with Crippen LogP contribution in [-0.4, -0.2) is 11.0 Å². The maximum atomic E-state index is 12.9. The highest BCUT2D eigenvalue weighted by Gasteiger charge is 2.14. The van der Waals surface area contributed by atoms with E-state index in [4.69, 9.17) is 11.7 Å². The van der Waals surface area contributed by atoms with Gasteiger partial charge in [0.15, 0.2) is 0 Å². The van der Waals surface area contributed by atoms with E-state index in [1.165, 1.54) is 12.1 Å². The molecule has 0 saturated heterocycles. The van der Waals surface area contributed by atoms with Crippen molar-refractivity contribution in [2.75, 3.05) is 0 Å². The summed E-state index contributed by atoms with van der Waals surface area (Å²) in [5.74, 6) is 9.64. The first-order chi connectivity index (χ1) is 8.59. The minimum absolute atomic E-state index is 0.332. The van der Waals surface area contributed by atoms with Crippen molar-refractivity contribution in [3.05, 3.63) is 59.9 Å². The number of amides is 1. The molecule has 2 aromatic carbocycles. The highest BCUT2D eigenvalue weighted by atomic mass is 19.1. The highest BCUT2D eigenvalue weighted by molar-refractivity contribution is 6.00. The van der Waals surface area contributed by atoms with E-state index in [1.54, 1.807) is 36.4 Å². The Balaban J connectivity index is 2.51. The first-order valence-electron chi connectivity index (χ1n) is 5.28. The van der Waals surface area contributed by atoms with Crippen molar-refractivity contribution >= 4 is 5.91 Å². The number of hydrazine groups is 2. The third kappa shape index (κ3) is 2.37. The van der Waals surface area contributed by atoms with E-state index in [-0.39, 0.29) is 5.82 Å². The third-order valence-corrected chi connectivity index (χ3v) is 2.55. The lowest BCUT2D eigenvalue weighted by Crippen LogP contribution is -2.43. The molecule has 5 heteroatoms. The van der Waals surface area contributed by atoms with Gasteiger partial charge >= 0.3 is 0 Å². The highest BCUT2D eigenvalue weighted by Crippen LogP contribution is 2.24. The molecule has 0 radical (unpaired) electrons. The Morgan fingerprint density at radius 2 is 1.61 bits per heavy atom. The number of carbonyl (C=O) groups is 1. The molecule has 4 N–H and O–H groups in total. The number of carbonyl (C=O) groups excluding carboxylic acids is 1. The van der Waals surface area contributed by atoms with Gasteiger partial charge in [-0.2, -0.15) is 0 Å². The first kappa shape index (κ1) is 12.2. The van der Waals surface area contributed by atoms with Gasteiger partial charge in [0.1, 0.15) is 5.82 Å². The fraction of sp³-hybridized carbons (Fsp3) is 0. The molecule has 2 aromatic rings. The standard InChI is InChI=1S/C13H12FN3O/c14-10-7-5-9(6-8-10)11-3-1-2-4-12(11)13(18)17(15)16/h1-8H,15-16H2. The second-order valence-corrected chi connectivity index (χ2v) is 3.76. The topological polar surface area (TPSA) is 72.3 Å². The molecule has 0 spiro atoms. The zero-order valence-corrected chi connectivity index (χ0v) is 9.51. The molecule has 2 rings (SSSR count). The fourth-order valence-corrected chi connectivity index (χ4v) is 1.69. The Morgan fingerprint density at radius 1 is 1.00 bits per heavy atom. The molecule has 0 aliphatic rings. The molecule has 0 saturated carbocycles. The Kier molecular flexibility index (Phi) is 3.36. The van der Waals surface area contributed by atoms with E-state index in [1.807, 2.05) is 0 Å². The molecule has 0 heterocycles. The number of nitrogens with zero attached hydrogens (tertiary/aromatic N) is 1. The van der Waals surface area contributed by atoms with Crippen molar-refractivity contribution in [1.82, 2.24) is 5.12 Å². The molecule has 0 aliphatic carbocycles. The van der Waals surface area contributed by atoms with Crippen molar-refractivity contribution in [2.45, 2.75) is 0 Å². The summed E-state index contributed by atoms with van der Waals surface area (Å²) in [4.78, 5) is 11.8. The molecule has 4 nitrogen and oxygen atoms in total. The Hall–Kier alpha value is -2.24. The summed E-state index contributed by atoms with van der Waals surface area (Å²) >= 11 is 0. The van der Waals surface area contributed by atoms with Crippen molar-refractivity contribution in [1.29, 1.82) is 0 Å². The van der Waals surface area contributed by atoms with Gasteiger partial charge in [-0.25, -0.2) is 21.2 Å². The summed E-state index contributed by atoms with van der Waals surface area (Å²) in [7, 11) is 0. The number of hydrogen-bond donors (Lipinski definition) is 2. The molecule has 0 aliphatic heterocycles. The van der Waals surface area contributed by atoms with Crippen LogP contribution in [0.4, 0.5) is 4.39 Å². The van der Waals surface area contributed by atoms with Crippen LogP contribution in [0.1, 0.15) is 10.4 Å². The SMILES string of the molecule is NN(N)C(=O)c1ccccc1-c1ccc(F)cc1. The predicted molar refractivity (Wildman–Crippen MR) is 66.4 cm³/mol. The quantitative estimate of drug-likeness (QED) is 0.480. The Labute approximate surface area is 104 Å². The van der Waals surface area contributed by atoms with Crippen molar-refractivity contribution in [2.24, 2.45) is 11.7 Å². The second-order valence-electron chi connectivity index (χ2n) is 3.76. The number of hydrogen-bond acceptors (Lipinski definition) is 3. The summed E-state index contributed by atoms with van der Waals surface area (Å²) < 4.78 is 12.9. The molecule has 1 amide bonds. The fourth-order valence-electron chi connectivity index (χ4n) is 1.69. The van der Waals surface area contributed by atoms with E-state index in [0.717, 1.165) is 5.56 Å². The van der Waals surface area contributed by atoms with Gasteiger partial charge < -0.3 is 0 Å². The van der Waals surface area contributed by atoms with E-state index in [2.05, 4.69) is 0 Å². The molecule has 0 atom stereocenters. The summed E-state index contributed by atoms with van der Waals surface area (Å²) in [5, 5.41) is 0.530. The van der Waals surface area contributed by atoms with Crippen LogP contribution in [0.25, 0.3) is 11.1 Å². The number of rotatable bonds is 2. The minimum Gasteiger partial charge on any atom is -0.266 e. The maximum absolute atomic E-state index is 12.9. The molecular weight excluding hydrogens is 233 g/mol. The average Bonchev–Trinajstić information content (AvgIpc) is 2.39. The monoisotopic (exact) mass is 245 g/mol. The first-order valence-corrected chi connectivity index (χ1v) is 5.28. The predicted octanol–water partition coefficient (Wildman–Crippen LogP) is 1.68. The molecule has 0 bridgehead atoms. The molecule has 18 heavy (non-hydrogen) atoms. The van der Waals surface area contributed by atoms with Gasteiger partial charge in [-0.3, -0.25) is 4.79 Å². The van der Waals surface area contributed by atoms with E-state index in [0.29, 0.717) is 16.2 Å². The van der Waals surface area contributed by atoms with Crippen LogP contribution in [0.2, 0.25) is 0 Å². The lowest BCUT2D eigenvalue weighted by Gasteiger charge is -2.13. The summed E-state index contributed by atoms with van der Waals surface area (Å²) in [6, 6.07) is 12.7. The second kappa shape index (κ2) is 4.95. The maximum Gasteiger partial charge on any atom is 0.282 e. The Morgan fingerprint density at radius 3 is 2.22 bits per heavy atom. The summed E-state index contributed by atoms with van der Waals surface area (Å²) in [6.45, 7) is 0. The van der Waals surface area contributed by atoms with Crippen molar-refractivity contribution < 1.29 is 9.18 Å². The number of benzene rings is 2. The van der Waals surface area contributed by atoms with Crippen LogP contribution >= 0.6 is 0 Å².